The Labute approximate surface area is 282 Å². The van der Waals surface area contributed by atoms with Crippen molar-refractivity contribution < 1.29 is 0 Å². The van der Waals surface area contributed by atoms with Gasteiger partial charge in [0.05, 0.1) is 8.07 Å². The Hall–Kier alpha value is -5.50. The van der Waals surface area contributed by atoms with Gasteiger partial charge in [-0.1, -0.05) is 189 Å². The Bertz CT molecular complexity index is 2650. The quantitative estimate of drug-likeness (QED) is 0.134. The highest BCUT2D eigenvalue weighted by Crippen LogP contribution is 2.47. The molecule has 0 spiro atoms. The molecule has 0 aromatic heterocycles. The first kappa shape index (κ1) is 28.7. The Morgan fingerprint density at radius 1 is 0.271 bits per heavy atom. The van der Waals surface area contributed by atoms with Crippen LogP contribution in [0.15, 0.2) is 164 Å². The van der Waals surface area contributed by atoms with Crippen LogP contribution in [-0.4, -0.2) is 8.07 Å². The Kier molecular flexibility index (Phi) is 6.60. The average molecular weight is 629 g/mol. The van der Waals surface area contributed by atoms with Crippen molar-refractivity contribution in [1.29, 1.82) is 0 Å². The van der Waals surface area contributed by atoms with Gasteiger partial charge in [-0.3, -0.25) is 0 Å². The van der Waals surface area contributed by atoms with E-state index in [2.05, 4.69) is 183 Å². The smallest absolute Gasteiger partial charge is 0.0656 e. The molecule has 228 valence electrons. The van der Waals surface area contributed by atoms with E-state index in [0.717, 1.165) is 0 Å². The fraction of sp³-hybridized carbons (Fsp3) is 0.0638. The predicted octanol–water partition coefficient (Wildman–Crippen LogP) is 13.0. The lowest BCUT2D eigenvalue weighted by molar-refractivity contribution is 1.66. The summed E-state index contributed by atoms with van der Waals surface area (Å²) >= 11 is 0. The molecule has 0 aliphatic rings. The largest absolute Gasteiger partial charge is 0.0784 e. The van der Waals surface area contributed by atoms with E-state index >= 15 is 0 Å². The van der Waals surface area contributed by atoms with Crippen LogP contribution in [0.3, 0.4) is 0 Å². The van der Waals surface area contributed by atoms with E-state index in [4.69, 9.17) is 0 Å². The molecule has 0 amide bonds. The molecule has 0 nitrogen and oxygen atoms in total. The summed E-state index contributed by atoms with van der Waals surface area (Å²) in [7, 11) is -1.55. The van der Waals surface area contributed by atoms with Gasteiger partial charge in [0.2, 0.25) is 0 Å². The number of hydrogen-bond acceptors (Lipinski definition) is 0. The van der Waals surface area contributed by atoms with Crippen molar-refractivity contribution in [3.05, 3.63) is 164 Å². The lowest BCUT2D eigenvalue weighted by Gasteiger charge is -2.23. The van der Waals surface area contributed by atoms with Crippen LogP contribution < -0.4 is 5.19 Å². The van der Waals surface area contributed by atoms with Gasteiger partial charge in [-0.05, 0) is 87.2 Å². The summed E-state index contributed by atoms with van der Waals surface area (Å²) in [6.45, 7) is 7.34. The number of hydrogen-bond donors (Lipinski definition) is 0. The van der Waals surface area contributed by atoms with Crippen LogP contribution in [0.5, 0.6) is 0 Å². The molecule has 9 aromatic rings. The van der Waals surface area contributed by atoms with Crippen molar-refractivity contribution in [2.45, 2.75) is 19.6 Å². The summed E-state index contributed by atoms with van der Waals surface area (Å²) in [6, 6.07) is 61.0. The highest BCUT2D eigenvalue weighted by molar-refractivity contribution is 6.90. The summed E-state index contributed by atoms with van der Waals surface area (Å²) < 4.78 is 0. The topological polar surface area (TPSA) is 0 Å². The molecule has 0 heterocycles. The number of fused-ring (bicyclic) bond motifs is 5. The number of rotatable bonds is 4. The molecular weight excluding hydrogens is 593 g/mol. The highest BCUT2D eigenvalue weighted by Gasteiger charge is 2.23. The highest BCUT2D eigenvalue weighted by atomic mass is 28.3. The second-order valence-electron chi connectivity index (χ2n) is 14.0. The fourth-order valence-electron chi connectivity index (χ4n) is 8.09. The lowest BCUT2D eigenvalue weighted by atomic mass is 9.83. The maximum Gasteiger partial charge on any atom is 0.0784 e. The third-order valence-corrected chi connectivity index (χ3v) is 12.3. The van der Waals surface area contributed by atoms with E-state index in [1.807, 2.05) is 0 Å². The molecule has 9 aromatic carbocycles. The number of benzene rings is 9. The first-order valence-electron chi connectivity index (χ1n) is 17.0. The first-order chi connectivity index (χ1) is 23.5. The van der Waals surface area contributed by atoms with Gasteiger partial charge >= 0.3 is 0 Å². The standard InChI is InChI=1S/C47H36Si/c1-48(2,3)45-30-29-44(36-20-8-9-21-38(36)45)47-41-24-12-10-22-39(41)46(40-23-11-13-25-42(40)47)43-28-27-37(34-18-6-7-19-35(34)43)33-26-14-16-31-15-4-5-17-32(31)33/h4-30H,1-3H3. The third-order valence-electron chi connectivity index (χ3n) is 10.2. The summed E-state index contributed by atoms with van der Waals surface area (Å²) in [6.07, 6.45) is 0. The molecule has 0 aliphatic heterocycles. The van der Waals surface area contributed by atoms with Gasteiger partial charge in [-0.25, -0.2) is 0 Å². The minimum atomic E-state index is -1.55. The van der Waals surface area contributed by atoms with E-state index < -0.39 is 8.07 Å². The van der Waals surface area contributed by atoms with Crippen LogP contribution in [0.25, 0.3) is 87.2 Å². The van der Waals surface area contributed by atoms with Crippen LogP contribution in [0.2, 0.25) is 19.6 Å². The van der Waals surface area contributed by atoms with E-state index in [0.29, 0.717) is 0 Å². The van der Waals surface area contributed by atoms with E-state index in [1.165, 1.54) is 92.4 Å². The van der Waals surface area contributed by atoms with E-state index in [-0.39, 0.29) is 0 Å². The van der Waals surface area contributed by atoms with Crippen molar-refractivity contribution in [3.8, 4) is 33.4 Å². The molecule has 0 N–H and O–H groups in total. The van der Waals surface area contributed by atoms with Gasteiger partial charge in [0, 0.05) is 0 Å². The Balaban J connectivity index is 1.37. The van der Waals surface area contributed by atoms with Crippen LogP contribution in [0.4, 0.5) is 0 Å². The molecule has 0 unspecified atom stereocenters. The zero-order valence-corrected chi connectivity index (χ0v) is 28.6. The summed E-state index contributed by atoms with van der Waals surface area (Å²) in [5.41, 5.74) is 7.74. The van der Waals surface area contributed by atoms with Gasteiger partial charge in [0.1, 0.15) is 0 Å². The zero-order chi connectivity index (χ0) is 32.4. The maximum atomic E-state index is 2.45. The molecule has 0 fully saturated rings. The van der Waals surface area contributed by atoms with Crippen LogP contribution in [0, 0.1) is 0 Å². The molecule has 0 saturated heterocycles. The lowest BCUT2D eigenvalue weighted by Crippen LogP contribution is -2.38. The summed E-state index contributed by atoms with van der Waals surface area (Å²) in [5.74, 6) is 0. The molecule has 1 heteroatoms. The molecule has 0 saturated carbocycles. The molecule has 0 bridgehead atoms. The minimum Gasteiger partial charge on any atom is -0.0656 e. The Morgan fingerprint density at radius 2 is 0.625 bits per heavy atom. The second-order valence-corrected chi connectivity index (χ2v) is 19.1. The van der Waals surface area contributed by atoms with Gasteiger partial charge < -0.3 is 0 Å². The SMILES string of the molecule is C[Si](C)(C)c1ccc(-c2c3ccccc3c(-c3ccc(-c4cccc5ccccc45)c4ccccc34)c3ccccc23)c2ccccc12. The van der Waals surface area contributed by atoms with Crippen molar-refractivity contribution >= 4 is 67.1 Å². The Morgan fingerprint density at radius 3 is 1.17 bits per heavy atom. The van der Waals surface area contributed by atoms with Gasteiger partial charge in [0.25, 0.3) is 0 Å². The normalized spacial score (nSPS) is 12.1. The van der Waals surface area contributed by atoms with Crippen molar-refractivity contribution in [2.75, 3.05) is 0 Å². The zero-order valence-electron chi connectivity index (χ0n) is 27.6. The first-order valence-corrected chi connectivity index (χ1v) is 20.5. The molecule has 9 rings (SSSR count). The van der Waals surface area contributed by atoms with Crippen LogP contribution >= 0.6 is 0 Å². The van der Waals surface area contributed by atoms with E-state index in [9.17, 15) is 0 Å². The van der Waals surface area contributed by atoms with Crippen molar-refractivity contribution in [1.82, 2.24) is 0 Å². The van der Waals surface area contributed by atoms with E-state index in [1.54, 1.807) is 0 Å². The van der Waals surface area contributed by atoms with Gasteiger partial charge in [-0.2, -0.15) is 0 Å². The molecule has 0 radical (unpaired) electrons. The maximum absolute atomic E-state index is 2.45. The van der Waals surface area contributed by atoms with Crippen LogP contribution in [-0.2, 0) is 0 Å². The molecule has 48 heavy (non-hydrogen) atoms. The molecule has 0 atom stereocenters. The second kappa shape index (κ2) is 11.0. The average Bonchev–Trinajstić information content (AvgIpc) is 3.12. The van der Waals surface area contributed by atoms with Crippen molar-refractivity contribution in [2.24, 2.45) is 0 Å². The predicted molar refractivity (Wildman–Crippen MR) is 213 cm³/mol. The minimum absolute atomic E-state index is 1.26. The van der Waals surface area contributed by atoms with Gasteiger partial charge in [0.15, 0.2) is 0 Å². The molecular formula is C47H36Si. The molecule has 0 aliphatic carbocycles. The van der Waals surface area contributed by atoms with Crippen molar-refractivity contribution in [3.63, 3.8) is 0 Å². The summed E-state index contributed by atoms with van der Waals surface area (Å²) in [4.78, 5) is 0. The summed E-state index contributed by atoms with van der Waals surface area (Å²) in [5, 5.41) is 14.5. The monoisotopic (exact) mass is 628 g/mol. The fourth-order valence-corrected chi connectivity index (χ4v) is 9.70. The van der Waals surface area contributed by atoms with Crippen LogP contribution in [0.1, 0.15) is 0 Å². The van der Waals surface area contributed by atoms with Gasteiger partial charge in [-0.15, -0.1) is 0 Å². The third kappa shape index (κ3) is 4.42.